The molecule has 6 heteroatoms. The quantitative estimate of drug-likeness (QED) is 0.664. The van der Waals surface area contributed by atoms with Crippen molar-refractivity contribution in [1.82, 2.24) is 0 Å². The molecule has 0 saturated heterocycles. The summed E-state index contributed by atoms with van der Waals surface area (Å²) < 4.78 is 5.30. The van der Waals surface area contributed by atoms with E-state index in [1.54, 1.807) is 12.1 Å². The second kappa shape index (κ2) is 5.58. The van der Waals surface area contributed by atoms with Crippen molar-refractivity contribution in [2.45, 2.75) is 6.92 Å². The van der Waals surface area contributed by atoms with Crippen LogP contribution in [0.3, 0.4) is 0 Å². The van der Waals surface area contributed by atoms with E-state index in [0.29, 0.717) is 11.4 Å². The highest BCUT2D eigenvalue weighted by molar-refractivity contribution is 6.33. The van der Waals surface area contributed by atoms with Gasteiger partial charge in [-0.15, -0.1) is 0 Å². The summed E-state index contributed by atoms with van der Waals surface area (Å²) in [4.78, 5) is 10.9. The van der Waals surface area contributed by atoms with Crippen LogP contribution in [0, 0.1) is 6.92 Å². The highest BCUT2D eigenvalue weighted by atomic mass is 35.5. The van der Waals surface area contributed by atoms with E-state index in [1.165, 1.54) is 18.3 Å². The fraction of sp³-hybridized carbons (Fsp3) is 0.0769. The molecule has 1 heterocycles. The van der Waals surface area contributed by atoms with Crippen LogP contribution in [0.2, 0.25) is 5.02 Å². The van der Waals surface area contributed by atoms with E-state index in [9.17, 15) is 4.79 Å². The van der Waals surface area contributed by atoms with Crippen LogP contribution < -0.4 is 5.43 Å². The lowest BCUT2D eigenvalue weighted by Gasteiger charge is -2.03. The second-order valence-corrected chi connectivity index (χ2v) is 4.23. The zero-order chi connectivity index (χ0) is 13.8. The predicted molar refractivity (Wildman–Crippen MR) is 73.1 cm³/mol. The highest BCUT2D eigenvalue weighted by Crippen LogP contribution is 2.20. The van der Waals surface area contributed by atoms with E-state index in [0.717, 1.165) is 5.76 Å². The second-order valence-electron chi connectivity index (χ2n) is 3.82. The van der Waals surface area contributed by atoms with Crippen molar-refractivity contribution >= 4 is 29.5 Å². The molecule has 0 unspecified atom stereocenters. The lowest BCUT2D eigenvalue weighted by Crippen LogP contribution is -1.99. The van der Waals surface area contributed by atoms with E-state index in [2.05, 4.69) is 10.5 Å². The van der Waals surface area contributed by atoms with Gasteiger partial charge in [-0.05, 0) is 37.3 Å². The van der Waals surface area contributed by atoms with Crippen LogP contribution in [0.15, 0.2) is 39.9 Å². The summed E-state index contributed by atoms with van der Waals surface area (Å²) in [7, 11) is 0. The van der Waals surface area contributed by atoms with Gasteiger partial charge in [0.2, 0.25) is 0 Å². The van der Waals surface area contributed by atoms with Crippen LogP contribution in [0.5, 0.6) is 0 Å². The van der Waals surface area contributed by atoms with E-state index < -0.39 is 5.97 Å². The molecule has 0 aliphatic rings. The molecular formula is C13H11ClN2O3. The molecule has 0 bridgehead atoms. The minimum atomic E-state index is -1.08. The summed E-state index contributed by atoms with van der Waals surface area (Å²) >= 11 is 5.76. The van der Waals surface area contributed by atoms with Crippen molar-refractivity contribution < 1.29 is 14.3 Å². The van der Waals surface area contributed by atoms with Gasteiger partial charge in [0, 0.05) is 0 Å². The van der Waals surface area contributed by atoms with Crippen LogP contribution in [0.4, 0.5) is 5.69 Å². The number of carboxylic acids is 1. The van der Waals surface area contributed by atoms with Crippen LogP contribution in [-0.4, -0.2) is 17.3 Å². The topological polar surface area (TPSA) is 74.8 Å². The number of rotatable bonds is 4. The van der Waals surface area contributed by atoms with Crippen molar-refractivity contribution in [3.05, 3.63) is 52.4 Å². The maximum absolute atomic E-state index is 10.9. The number of nitrogens with one attached hydrogen (secondary N) is 1. The fourth-order valence-corrected chi connectivity index (χ4v) is 1.65. The molecule has 0 fully saturated rings. The molecule has 0 spiro atoms. The summed E-state index contributed by atoms with van der Waals surface area (Å²) in [5.41, 5.74) is 3.27. The molecule has 2 rings (SSSR count). The molecule has 0 radical (unpaired) electrons. The van der Waals surface area contributed by atoms with Crippen molar-refractivity contribution in [2.24, 2.45) is 5.10 Å². The van der Waals surface area contributed by atoms with Crippen LogP contribution in [-0.2, 0) is 0 Å². The number of anilines is 1. The van der Waals surface area contributed by atoms with E-state index in [4.69, 9.17) is 21.1 Å². The molecule has 2 aromatic rings. The number of hydrogen-bond donors (Lipinski definition) is 2. The zero-order valence-electron chi connectivity index (χ0n) is 10.1. The lowest BCUT2D eigenvalue weighted by atomic mass is 10.2. The molecule has 98 valence electrons. The molecular weight excluding hydrogens is 268 g/mol. The Hall–Kier alpha value is -2.27. The number of halogens is 1. The Labute approximate surface area is 114 Å². The number of carboxylic acid groups (broad SMARTS) is 1. The average Bonchev–Trinajstić information content (AvgIpc) is 2.77. The molecule has 0 atom stereocenters. The maximum atomic E-state index is 10.9. The summed E-state index contributed by atoms with van der Waals surface area (Å²) in [6, 6.07) is 8.16. The number of aromatic carboxylic acids is 1. The molecule has 0 amide bonds. The summed E-state index contributed by atoms with van der Waals surface area (Å²) in [6.07, 6.45) is 1.50. The summed E-state index contributed by atoms with van der Waals surface area (Å²) in [5.74, 6) is 0.317. The number of nitrogens with zero attached hydrogens (tertiary/aromatic N) is 1. The third-order valence-electron chi connectivity index (χ3n) is 2.34. The van der Waals surface area contributed by atoms with Crippen LogP contribution >= 0.6 is 11.6 Å². The molecule has 0 aliphatic carbocycles. The molecule has 1 aromatic heterocycles. The van der Waals surface area contributed by atoms with Crippen LogP contribution in [0.1, 0.15) is 21.9 Å². The van der Waals surface area contributed by atoms with Crippen molar-refractivity contribution in [3.8, 4) is 0 Å². The molecule has 0 saturated carbocycles. The summed E-state index contributed by atoms with van der Waals surface area (Å²) in [6.45, 7) is 1.84. The third kappa shape index (κ3) is 3.35. The van der Waals surface area contributed by atoms with Gasteiger partial charge in [0.15, 0.2) is 0 Å². The number of benzene rings is 1. The van der Waals surface area contributed by atoms with E-state index in [1.807, 2.05) is 13.0 Å². The Kier molecular flexibility index (Phi) is 3.87. The van der Waals surface area contributed by atoms with Crippen molar-refractivity contribution in [1.29, 1.82) is 0 Å². The zero-order valence-corrected chi connectivity index (χ0v) is 10.8. The van der Waals surface area contributed by atoms with E-state index in [-0.39, 0.29) is 10.6 Å². The number of furan rings is 1. The Morgan fingerprint density at radius 2 is 2.21 bits per heavy atom. The first kappa shape index (κ1) is 13.2. The van der Waals surface area contributed by atoms with E-state index >= 15 is 0 Å². The van der Waals surface area contributed by atoms with Crippen molar-refractivity contribution in [3.63, 3.8) is 0 Å². The van der Waals surface area contributed by atoms with Gasteiger partial charge < -0.3 is 9.52 Å². The molecule has 2 N–H and O–H groups in total. The third-order valence-corrected chi connectivity index (χ3v) is 2.67. The largest absolute Gasteiger partial charge is 0.478 e. The first-order valence-corrected chi connectivity index (χ1v) is 5.82. The standard InChI is InChI=1S/C13H11ClN2O3/c1-8-2-4-10(19-8)7-15-16-9-3-5-12(14)11(6-9)13(17)18/h2-7,16H,1H3,(H,17,18). The minimum absolute atomic E-state index is 0.0238. The van der Waals surface area contributed by atoms with Gasteiger partial charge in [0.05, 0.1) is 22.5 Å². The monoisotopic (exact) mass is 278 g/mol. The molecule has 5 nitrogen and oxygen atoms in total. The smallest absolute Gasteiger partial charge is 0.337 e. The van der Waals surface area contributed by atoms with Crippen molar-refractivity contribution in [2.75, 3.05) is 5.43 Å². The number of hydrazone groups is 1. The Morgan fingerprint density at radius 1 is 1.42 bits per heavy atom. The Bertz CT molecular complexity index is 635. The number of aryl methyl sites for hydroxylation is 1. The first-order valence-electron chi connectivity index (χ1n) is 5.44. The van der Waals surface area contributed by atoms with Gasteiger partial charge in [0.1, 0.15) is 11.5 Å². The normalized spacial score (nSPS) is 10.8. The van der Waals surface area contributed by atoms with Gasteiger partial charge >= 0.3 is 5.97 Å². The SMILES string of the molecule is Cc1ccc(C=NNc2ccc(Cl)c(C(=O)O)c2)o1. The lowest BCUT2D eigenvalue weighted by molar-refractivity contribution is 0.0697. The minimum Gasteiger partial charge on any atom is -0.478 e. The maximum Gasteiger partial charge on any atom is 0.337 e. The Morgan fingerprint density at radius 3 is 2.84 bits per heavy atom. The van der Waals surface area contributed by atoms with Gasteiger partial charge in [-0.25, -0.2) is 4.79 Å². The predicted octanol–water partition coefficient (Wildman–Crippen LogP) is 3.39. The fourth-order valence-electron chi connectivity index (χ4n) is 1.45. The Balaban J connectivity index is 2.09. The number of hydrogen-bond acceptors (Lipinski definition) is 4. The average molecular weight is 279 g/mol. The molecule has 0 aliphatic heterocycles. The van der Waals surface area contributed by atoms with Gasteiger partial charge in [-0.1, -0.05) is 11.6 Å². The van der Waals surface area contributed by atoms with Gasteiger partial charge in [-0.2, -0.15) is 5.10 Å². The molecule has 19 heavy (non-hydrogen) atoms. The highest BCUT2D eigenvalue weighted by Gasteiger charge is 2.08. The number of carbonyl (C=O) groups is 1. The molecule has 1 aromatic carbocycles. The van der Waals surface area contributed by atoms with Crippen LogP contribution in [0.25, 0.3) is 0 Å². The summed E-state index contributed by atoms with van der Waals surface area (Å²) in [5, 5.41) is 13.1. The van der Waals surface area contributed by atoms with Gasteiger partial charge in [-0.3, -0.25) is 5.43 Å². The first-order chi connectivity index (χ1) is 9.06. The van der Waals surface area contributed by atoms with Gasteiger partial charge in [0.25, 0.3) is 0 Å².